The smallest absolute Gasteiger partial charge is 0.227 e. The van der Waals surface area contributed by atoms with E-state index in [1.165, 1.54) is 0 Å². The first kappa shape index (κ1) is 16.8. The van der Waals surface area contributed by atoms with Crippen LogP contribution in [0.2, 0.25) is 0 Å². The third kappa shape index (κ3) is 6.38. The molecule has 2 rings (SSSR count). The second-order valence-corrected chi connectivity index (χ2v) is 5.67. The van der Waals surface area contributed by atoms with Crippen molar-refractivity contribution in [1.82, 2.24) is 4.98 Å². The lowest BCUT2D eigenvalue weighted by atomic mass is 10.2. The average Bonchev–Trinajstić information content (AvgIpc) is 2.55. The van der Waals surface area contributed by atoms with E-state index in [9.17, 15) is 4.79 Å². The summed E-state index contributed by atoms with van der Waals surface area (Å²) in [5, 5.41) is 6.04. The molecule has 0 bridgehead atoms. The van der Waals surface area contributed by atoms with Crippen LogP contribution in [-0.4, -0.2) is 24.0 Å². The number of amides is 1. The molecule has 0 aliphatic rings. The molecule has 0 saturated heterocycles. The van der Waals surface area contributed by atoms with Gasteiger partial charge in [0, 0.05) is 6.54 Å². The number of nitrogens with zero attached hydrogens (tertiary/aromatic N) is 1. The summed E-state index contributed by atoms with van der Waals surface area (Å²) >= 11 is 0. The van der Waals surface area contributed by atoms with E-state index in [0.29, 0.717) is 24.6 Å². The Labute approximate surface area is 137 Å². The molecule has 23 heavy (non-hydrogen) atoms. The molecule has 1 aromatic carbocycles. The molecular weight excluding hydrogens is 290 g/mol. The zero-order valence-corrected chi connectivity index (χ0v) is 13.6. The number of carbonyl (C=O) groups is 1. The van der Waals surface area contributed by atoms with Crippen molar-refractivity contribution in [2.45, 2.75) is 20.3 Å². The van der Waals surface area contributed by atoms with Gasteiger partial charge < -0.3 is 15.4 Å². The molecule has 122 valence electrons. The maximum absolute atomic E-state index is 11.9. The quantitative estimate of drug-likeness (QED) is 0.782. The second kappa shape index (κ2) is 8.78. The third-order valence-corrected chi connectivity index (χ3v) is 3.08. The van der Waals surface area contributed by atoms with Crippen molar-refractivity contribution in [1.29, 1.82) is 0 Å². The van der Waals surface area contributed by atoms with Crippen LogP contribution in [0.25, 0.3) is 0 Å². The molecule has 0 spiro atoms. The van der Waals surface area contributed by atoms with E-state index >= 15 is 0 Å². The lowest BCUT2D eigenvalue weighted by Crippen LogP contribution is -2.15. The highest BCUT2D eigenvalue weighted by molar-refractivity contribution is 5.90. The zero-order chi connectivity index (χ0) is 16.5. The van der Waals surface area contributed by atoms with Crippen LogP contribution in [0, 0.1) is 5.92 Å². The molecule has 0 radical (unpaired) electrons. The minimum Gasteiger partial charge on any atom is -0.493 e. The number of para-hydroxylation sites is 1. The SMILES string of the molecule is CC(C)CNc1ccc(NC(=O)CCOc2ccccc2)cn1. The third-order valence-electron chi connectivity index (χ3n) is 3.08. The Bertz CT molecular complexity index is 597. The fourth-order valence-corrected chi connectivity index (χ4v) is 1.88. The van der Waals surface area contributed by atoms with Crippen molar-refractivity contribution in [3.05, 3.63) is 48.7 Å². The number of nitrogens with one attached hydrogen (secondary N) is 2. The Morgan fingerprint density at radius 1 is 1.17 bits per heavy atom. The van der Waals surface area contributed by atoms with Gasteiger partial charge in [-0.1, -0.05) is 32.0 Å². The summed E-state index contributed by atoms with van der Waals surface area (Å²) in [6, 6.07) is 13.2. The summed E-state index contributed by atoms with van der Waals surface area (Å²) < 4.78 is 5.50. The monoisotopic (exact) mass is 313 g/mol. The van der Waals surface area contributed by atoms with Gasteiger partial charge in [0.2, 0.25) is 5.91 Å². The number of anilines is 2. The van der Waals surface area contributed by atoms with E-state index in [-0.39, 0.29) is 5.91 Å². The van der Waals surface area contributed by atoms with E-state index in [1.54, 1.807) is 6.20 Å². The molecule has 1 amide bonds. The topological polar surface area (TPSA) is 63.2 Å². The van der Waals surface area contributed by atoms with Crippen LogP contribution in [0.4, 0.5) is 11.5 Å². The lowest BCUT2D eigenvalue weighted by molar-refractivity contribution is -0.116. The molecule has 0 fully saturated rings. The van der Waals surface area contributed by atoms with Crippen molar-refractivity contribution in [3.63, 3.8) is 0 Å². The van der Waals surface area contributed by atoms with Crippen molar-refractivity contribution in [2.24, 2.45) is 5.92 Å². The van der Waals surface area contributed by atoms with Crippen LogP contribution < -0.4 is 15.4 Å². The molecular formula is C18H23N3O2. The predicted octanol–water partition coefficient (Wildman–Crippen LogP) is 3.56. The van der Waals surface area contributed by atoms with Gasteiger partial charge in [0.25, 0.3) is 0 Å². The predicted molar refractivity (Wildman–Crippen MR) is 92.7 cm³/mol. The fraction of sp³-hybridized carbons (Fsp3) is 0.333. The largest absolute Gasteiger partial charge is 0.493 e. The number of pyridine rings is 1. The molecule has 5 nitrogen and oxygen atoms in total. The van der Waals surface area contributed by atoms with E-state index < -0.39 is 0 Å². The number of ether oxygens (including phenoxy) is 1. The Morgan fingerprint density at radius 2 is 1.96 bits per heavy atom. The van der Waals surface area contributed by atoms with Gasteiger partial charge in [0.15, 0.2) is 0 Å². The van der Waals surface area contributed by atoms with Crippen molar-refractivity contribution >= 4 is 17.4 Å². The summed E-state index contributed by atoms with van der Waals surface area (Å²) in [7, 11) is 0. The van der Waals surface area contributed by atoms with Gasteiger partial charge in [-0.3, -0.25) is 4.79 Å². The molecule has 1 heterocycles. The Kier molecular flexibility index (Phi) is 6.41. The maximum atomic E-state index is 11.9. The fourth-order valence-electron chi connectivity index (χ4n) is 1.88. The first-order chi connectivity index (χ1) is 11.1. The zero-order valence-electron chi connectivity index (χ0n) is 13.6. The van der Waals surface area contributed by atoms with Crippen LogP contribution in [0.15, 0.2) is 48.7 Å². The first-order valence-electron chi connectivity index (χ1n) is 7.81. The average molecular weight is 313 g/mol. The van der Waals surface area contributed by atoms with Crippen molar-refractivity contribution < 1.29 is 9.53 Å². The normalized spacial score (nSPS) is 10.4. The van der Waals surface area contributed by atoms with E-state index in [1.807, 2.05) is 42.5 Å². The maximum Gasteiger partial charge on any atom is 0.227 e. The Hall–Kier alpha value is -2.56. The standard InChI is InChI=1S/C18H23N3O2/c1-14(2)12-19-17-9-8-15(13-20-17)21-18(22)10-11-23-16-6-4-3-5-7-16/h3-9,13-14H,10-12H2,1-2H3,(H,19,20)(H,21,22). The molecule has 0 saturated carbocycles. The van der Waals surface area contributed by atoms with E-state index in [2.05, 4.69) is 29.5 Å². The van der Waals surface area contributed by atoms with Crippen LogP contribution in [0.5, 0.6) is 5.75 Å². The van der Waals surface area contributed by atoms with Crippen LogP contribution in [0.3, 0.4) is 0 Å². The molecule has 0 atom stereocenters. The van der Waals surface area contributed by atoms with Gasteiger partial charge in [-0.15, -0.1) is 0 Å². The number of rotatable bonds is 8. The first-order valence-corrected chi connectivity index (χ1v) is 7.81. The van der Waals surface area contributed by atoms with Crippen molar-refractivity contribution in [3.8, 4) is 5.75 Å². The molecule has 0 aliphatic carbocycles. The van der Waals surface area contributed by atoms with E-state index in [0.717, 1.165) is 18.1 Å². The molecule has 0 aliphatic heterocycles. The highest BCUT2D eigenvalue weighted by atomic mass is 16.5. The number of benzene rings is 1. The summed E-state index contributed by atoms with van der Waals surface area (Å²) in [6.07, 6.45) is 1.95. The van der Waals surface area contributed by atoms with Gasteiger partial charge in [-0.05, 0) is 30.2 Å². The minimum atomic E-state index is -0.0920. The summed E-state index contributed by atoms with van der Waals surface area (Å²) in [5.41, 5.74) is 0.685. The van der Waals surface area contributed by atoms with Crippen molar-refractivity contribution in [2.75, 3.05) is 23.8 Å². The van der Waals surface area contributed by atoms with Crippen LogP contribution >= 0.6 is 0 Å². The summed E-state index contributed by atoms with van der Waals surface area (Å²) in [6.45, 7) is 5.49. The highest BCUT2D eigenvalue weighted by Crippen LogP contribution is 2.11. The summed E-state index contributed by atoms with van der Waals surface area (Å²) in [4.78, 5) is 16.1. The molecule has 1 aromatic heterocycles. The Morgan fingerprint density at radius 3 is 2.61 bits per heavy atom. The molecule has 0 unspecified atom stereocenters. The number of aromatic nitrogens is 1. The second-order valence-electron chi connectivity index (χ2n) is 5.67. The number of hydrogen-bond donors (Lipinski definition) is 2. The van der Waals surface area contributed by atoms with Gasteiger partial charge in [0.05, 0.1) is 24.9 Å². The van der Waals surface area contributed by atoms with Crippen LogP contribution in [0.1, 0.15) is 20.3 Å². The van der Waals surface area contributed by atoms with Gasteiger partial charge in [0.1, 0.15) is 11.6 Å². The minimum absolute atomic E-state index is 0.0920. The van der Waals surface area contributed by atoms with Gasteiger partial charge in [-0.2, -0.15) is 0 Å². The lowest BCUT2D eigenvalue weighted by Gasteiger charge is -2.09. The molecule has 5 heteroatoms. The van der Waals surface area contributed by atoms with Gasteiger partial charge in [-0.25, -0.2) is 4.98 Å². The molecule has 2 N–H and O–H groups in total. The molecule has 2 aromatic rings. The highest BCUT2D eigenvalue weighted by Gasteiger charge is 2.04. The summed E-state index contributed by atoms with van der Waals surface area (Å²) in [5.74, 6) is 2.04. The van der Waals surface area contributed by atoms with E-state index in [4.69, 9.17) is 4.74 Å². The number of carbonyl (C=O) groups excluding carboxylic acids is 1. The van der Waals surface area contributed by atoms with Crippen LogP contribution in [-0.2, 0) is 4.79 Å². The van der Waals surface area contributed by atoms with Gasteiger partial charge >= 0.3 is 0 Å². The Balaban J connectivity index is 1.72. The number of hydrogen-bond acceptors (Lipinski definition) is 4.